The van der Waals surface area contributed by atoms with E-state index >= 15 is 0 Å². The maximum atomic E-state index is 12.5. The summed E-state index contributed by atoms with van der Waals surface area (Å²) in [5.41, 5.74) is 3.52. The van der Waals surface area contributed by atoms with Crippen LogP contribution in [0.15, 0.2) is 78.9 Å². The Bertz CT molecular complexity index is 1080. The first-order valence-corrected chi connectivity index (χ1v) is 9.45. The Labute approximate surface area is 165 Å². The first kappa shape index (κ1) is 17.4. The van der Waals surface area contributed by atoms with Gasteiger partial charge in [-0.3, -0.25) is 10.1 Å². The van der Waals surface area contributed by atoms with E-state index in [1.165, 1.54) is 11.3 Å². The van der Waals surface area contributed by atoms with Crippen molar-refractivity contribution < 1.29 is 4.79 Å². The molecule has 1 aromatic heterocycles. The van der Waals surface area contributed by atoms with Gasteiger partial charge in [0.2, 0.25) is 5.13 Å². The van der Waals surface area contributed by atoms with Gasteiger partial charge in [-0.25, -0.2) is 0 Å². The van der Waals surface area contributed by atoms with Crippen molar-refractivity contribution in [2.24, 2.45) is 0 Å². The van der Waals surface area contributed by atoms with Gasteiger partial charge in [-0.05, 0) is 29.3 Å². The Morgan fingerprint density at radius 1 is 0.815 bits per heavy atom. The van der Waals surface area contributed by atoms with Crippen molar-refractivity contribution in [3.63, 3.8) is 0 Å². The molecule has 0 unspecified atom stereocenters. The van der Waals surface area contributed by atoms with Crippen molar-refractivity contribution in [3.05, 3.63) is 89.4 Å². The fourth-order valence-corrected chi connectivity index (χ4v) is 3.69. The minimum atomic E-state index is -0.225. The van der Waals surface area contributed by atoms with Crippen LogP contribution >= 0.6 is 22.9 Å². The zero-order valence-electron chi connectivity index (χ0n) is 14.1. The summed E-state index contributed by atoms with van der Waals surface area (Å²) in [5.74, 6) is -0.225. The van der Waals surface area contributed by atoms with Crippen molar-refractivity contribution in [2.45, 2.75) is 0 Å². The van der Waals surface area contributed by atoms with E-state index in [1.54, 1.807) is 18.2 Å². The second-order valence-electron chi connectivity index (χ2n) is 5.79. The molecule has 0 aliphatic heterocycles. The molecule has 27 heavy (non-hydrogen) atoms. The molecule has 6 heteroatoms. The van der Waals surface area contributed by atoms with Gasteiger partial charge in [0, 0.05) is 11.1 Å². The van der Waals surface area contributed by atoms with Crippen LogP contribution in [0.1, 0.15) is 10.4 Å². The number of carbonyl (C=O) groups excluding carboxylic acids is 1. The molecule has 0 saturated heterocycles. The third kappa shape index (κ3) is 3.89. The monoisotopic (exact) mass is 391 g/mol. The average molecular weight is 392 g/mol. The van der Waals surface area contributed by atoms with E-state index in [0.717, 1.165) is 16.7 Å². The van der Waals surface area contributed by atoms with Gasteiger partial charge in [0.25, 0.3) is 5.91 Å². The van der Waals surface area contributed by atoms with Gasteiger partial charge in [-0.1, -0.05) is 83.6 Å². The molecule has 0 bridgehead atoms. The molecule has 0 fully saturated rings. The van der Waals surface area contributed by atoms with Crippen LogP contribution in [0.2, 0.25) is 5.02 Å². The van der Waals surface area contributed by atoms with Gasteiger partial charge in [-0.15, -0.1) is 10.2 Å². The van der Waals surface area contributed by atoms with Crippen LogP contribution in [-0.2, 0) is 0 Å². The number of hydrogen-bond acceptors (Lipinski definition) is 4. The fraction of sp³-hybridized carbons (Fsp3) is 0. The summed E-state index contributed by atoms with van der Waals surface area (Å²) in [6.45, 7) is 0. The number of halogens is 1. The number of benzene rings is 3. The van der Waals surface area contributed by atoms with Gasteiger partial charge >= 0.3 is 0 Å². The van der Waals surface area contributed by atoms with Crippen LogP contribution in [0.25, 0.3) is 21.7 Å². The van der Waals surface area contributed by atoms with Crippen molar-refractivity contribution in [2.75, 3.05) is 5.32 Å². The van der Waals surface area contributed by atoms with Gasteiger partial charge in [0.05, 0.1) is 5.02 Å². The second kappa shape index (κ2) is 7.70. The lowest BCUT2D eigenvalue weighted by molar-refractivity contribution is 0.102. The summed E-state index contributed by atoms with van der Waals surface area (Å²) in [6.07, 6.45) is 0. The van der Waals surface area contributed by atoms with Gasteiger partial charge in [0.1, 0.15) is 0 Å². The van der Waals surface area contributed by atoms with Gasteiger partial charge < -0.3 is 0 Å². The van der Waals surface area contributed by atoms with Crippen molar-refractivity contribution in [3.8, 4) is 21.7 Å². The third-order valence-electron chi connectivity index (χ3n) is 4.00. The lowest BCUT2D eigenvalue weighted by Crippen LogP contribution is -2.11. The second-order valence-corrected chi connectivity index (χ2v) is 7.17. The van der Waals surface area contributed by atoms with E-state index in [0.29, 0.717) is 20.7 Å². The van der Waals surface area contributed by atoms with Crippen LogP contribution in [0, 0.1) is 0 Å². The minimum Gasteiger partial charge on any atom is -0.296 e. The lowest BCUT2D eigenvalue weighted by atomic mass is 10.0. The van der Waals surface area contributed by atoms with Crippen LogP contribution < -0.4 is 5.32 Å². The number of nitrogens with zero attached hydrogens (tertiary/aromatic N) is 2. The molecule has 4 nitrogen and oxygen atoms in total. The van der Waals surface area contributed by atoms with Crippen LogP contribution in [0.4, 0.5) is 5.13 Å². The molecule has 0 aliphatic carbocycles. The SMILES string of the molecule is O=C(Nc1nnc(-c2ccccc2Cl)s1)c1ccc(-c2ccccc2)cc1. The number of anilines is 1. The Hall–Kier alpha value is -3.02. The Kier molecular flexibility index (Phi) is 4.96. The lowest BCUT2D eigenvalue weighted by Gasteiger charge is -2.04. The summed E-state index contributed by atoms with van der Waals surface area (Å²) in [6, 6.07) is 24.9. The van der Waals surface area contributed by atoms with Crippen molar-refractivity contribution in [1.82, 2.24) is 10.2 Å². The molecule has 1 heterocycles. The summed E-state index contributed by atoms with van der Waals surface area (Å²) in [5, 5.41) is 12.6. The fourth-order valence-electron chi connectivity index (χ4n) is 2.63. The predicted octanol–water partition coefficient (Wildman–Crippen LogP) is 5.78. The van der Waals surface area contributed by atoms with Crippen LogP contribution in [0.3, 0.4) is 0 Å². The molecule has 4 rings (SSSR count). The molecule has 3 aromatic carbocycles. The highest BCUT2D eigenvalue weighted by Gasteiger charge is 2.13. The maximum absolute atomic E-state index is 12.5. The molecule has 4 aromatic rings. The quantitative estimate of drug-likeness (QED) is 0.480. The standard InChI is InChI=1S/C21H14ClN3OS/c22-18-9-5-4-8-17(18)20-24-25-21(27-20)23-19(26)16-12-10-15(11-13-16)14-6-2-1-3-7-14/h1-13H,(H,23,25,26). The van der Waals surface area contributed by atoms with E-state index < -0.39 is 0 Å². The maximum Gasteiger partial charge on any atom is 0.257 e. The molecule has 0 aliphatic rings. The van der Waals surface area contributed by atoms with Crippen molar-refractivity contribution >= 4 is 34.0 Å². The third-order valence-corrected chi connectivity index (χ3v) is 5.21. The number of aromatic nitrogens is 2. The van der Waals surface area contributed by atoms with Crippen molar-refractivity contribution in [1.29, 1.82) is 0 Å². The predicted molar refractivity (Wildman–Crippen MR) is 110 cm³/mol. The largest absolute Gasteiger partial charge is 0.296 e. The summed E-state index contributed by atoms with van der Waals surface area (Å²) in [4.78, 5) is 12.5. The van der Waals surface area contributed by atoms with E-state index in [4.69, 9.17) is 11.6 Å². The molecule has 1 amide bonds. The average Bonchev–Trinajstić information content (AvgIpc) is 3.17. The molecular formula is C21H14ClN3OS. The topological polar surface area (TPSA) is 54.9 Å². The number of carbonyl (C=O) groups is 1. The normalized spacial score (nSPS) is 10.6. The number of amides is 1. The van der Waals surface area contributed by atoms with E-state index in [9.17, 15) is 4.79 Å². The highest BCUT2D eigenvalue weighted by Crippen LogP contribution is 2.31. The molecule has 0 saturated carbocycles. The highest BCUT2D eigenvalue weighted by atomic mass is 35.5. The molecule has 0 spiro atoms. The molecule has 0 radical (unpaired) electrons. The zero-order chi connectivity index (χ0) is 18.6. The highest BCUT2D eigenvalue weighted by molar-refractivity contribution is 7.18. The number of hydrogen-bond donors (Lipinski definition) is 1. The summed E-state index contributed by atoms with van der Waals surface area (Å²) < 4.78 is 0. The number of nitrogens with one attached hydrogen (secondary N) is 1. The van der Waals surface area contributed by atoms with Gasteiger partial charge in [-0.2, -0.15) is 0 Å². The number of rotatable bonds is 4. The summed E-state index contributed by atoms with van der Waals surface area (Å²) in [7, 11) is 0. The zero-order valence-corrected chi connectivity index (χ0v) is 15.7. The molecule has 132 valence electrons. The smallest absolute Gasteiger partial charge is 0.257 e. The Morgan fingerprint density at radius 3 is 2.22 bits per heavy atom. The molecular weight excluding hydrogens is 378 g/mol. The first-order valence-electron chi connectivity index (χ1n) is 8.26. The first-order chi connectivity index (χ1) is 13.2. The van der Waals surface area contributed by atoms with E-state index in [-0.39, 0.29) is 5.91 Å². The molecule has 1 N–H and O–H groups in total. The van der Waals surface area contributed by atoms with Gasteiger partial charge in [0.15, 0.2) is 5.01 Å². The summed E-state index contributed by atoms with van der Waals surface area (Å²) >= 11 is 7.47. The van der Waals surface area contributed by atoms with E-state index in [1.807, 2.05) is 60.7 Å². The Balaban J connectivity index is 1.49. The minimum absolute atomic E-state index is 0.225. The Morgan fingerprint density at radius 2 is 1.48 bits per heavy atom. The van der Waals surface area contributed by atoms with Crippen LogP contribution in [0.5, 0.6) is 0 Å². The van der Waals surface area contributed by atoms with E-state index in [2.05, 4.69) is 15.5 Å². The molecule has 0 atom stereocenters. The van der Waals surface area contributed by atoms with Crippen LogP contribution in [-0.4, -0.2) is 16.1 Å².